The van der Waals surface area contributed by atoms with Gasteiger partial charge >= 0.3 is 0 Å². The van der Waals surface area contributed by atoms with Gasteiger partial charge in [-0.1, -0.05) is 13.8 Å². The van der Waals surface area contributed by atoms with Crippen molar-refractivity contribution >= 4 is 5.91 Å². The van der Waals surface area contributed by atoms with Gasteiger partial charge in [-0.15, -0.1) is 0 Å². The van der Waals surface area contributed by atoms with E-state index in [4.69, 9.17) is 11.5 Å². The quantitative estimate of drug-likeness (QED) is 0.643. The Bertz CT molecular complexity index is 182. The lowest BCUT2D eigenvalue weighted by molar-refractivity contribution is -0.119. The van der Waals surface area contributed by atoms with E-state index in [1.54, 1.807) is 0 Å². The SMILES string of the molecule is CC(C)CC(C)N(C)CC(N)C(N)=O. The lowest BCUT2D eigenvalue weighted by atomic mass is 10.0. The van der Waals surface area contributed by atoms with E-state index < -0.39 is 11.9 Å². The number of hydrogen-bond acceptors (Lipinski definition) is 3. The molecule has 0 aliphatic rings. The Kier molecular flexibility index (Phi) is 5.72. The van der Waals surface area contributed by atoms with Gasteiger partial charge in [-0.25, -0.2) is 0 Å². The van der Waals surface area contributed by atoms with Gasteiger partial charge in [0.25, 0.3) is 0 Å². The number of carbonyl (C=O) groups is 1. The van der Waals surface area contributed by atoms with Gasteiger partial charge in [-0.05, 0) is 26.3 Å². The third-order valence-electron chi connectivity index (χ3n) is 2.42. The lowest BCUT2D eigenvalue weighted by Crippen LogP contribution is -2.47. The Hall–Kier alpha value is -0.610. The number of amides is 1. The Labute approximate surface area is 86.6 Å². The Morgan fingerprint density at radius 3 is 2.21 bits per heavy atom. The highest BCUT2D eigenvalue weighted by Gasteiger charge is 2.16. The first-order chi connectivity index (χ1) is 6.34. The number of hydrogen-bond donors (Lipinski definition) is 2. The maximum Gasteiger partial charge on any atom is 0.235 e. The highest BCUT2D eigenvalue weighted by molar-refractivity contribution is 5.79. The lowest BCUT2D eigenvalue weighted by Gasteiger charge is -2.27. The summed E-state index contributed by atoms with van der Waals surface area (Å²) in [6.07, 6.45) is 1.10. The van der Waals surface area contributed by atoms with Gasteiger partial charge in [0.05, 0.1) is 6.04 Å². The van der Waals surface area contributed by atoms with Crippen molar-refractivity contribution in [3.8, 4) is 0 Å². The van der Waals surface area contributed by atoms with Crippen LogP contribution < -0.4 is 11.5 Å². The van der Waals surface area contributed by atoms with Crippen molar-refractivity contribution in [3.63, 3.8) is 0 Å². The summed E-state index contributed by atoms with van der Waals surface area (Å²) in [6.45, 7) is 7.02. The first-order valence-corrected chi connectivity index (χ1v) is 5.09. The zero-order valence-electron chi connectivity index (χ0n) is 9.66. The molecule has 0 heterocycles. The van der Waals surface area contributed by atoms with E-state index in [9.17, 15) is 4.79 Å². The van der Waals surface area contributed by atoms with E-state index in [1.165, 1.54) is 0 Å². The summed E-state index contributed by atoms with van der Waals surface area (Å²) in [5.41, 5.74) is 10.7. The maximum absolute atomic E-state index is 10.8. The van der Waals surface area contributed by atoms with Crippen LogP contribution in [-0.4, -0.2) is 36.5 Å². The molecule has 0 saturated carbocycles. The van der Waals surface area contributed by atoms with Gasteiger partial charge in [0.1, 0.15) is 0 Å². The van der Waals surface area contributed by atoms with Gasteiger partial charge < -0.3 is 16.4 Å². The molecule has 84 valence electrons. The van der Waals surface area contributed by atoms with Crippen LogP contribution in [0.25, 0.3) is 0 Å². The van der Waals surface area contributed by atoms with E-state index in [1.807, 2.05) is 7.05 Å². The molecule has 0 fully saturated rings. The predicted molar refractivity (Wildman–Crippen MR) is 58.7 cm³/mol. The maximum atomic E-state index is 10.8. The van der Waals surface area contributed by atoms with Crippen molar-refractivity contribution in [1.82, 2.24) is 4.90 Å². The van der Waals surface area contributed by atoms with Crippen molar-refractivity contribution < 1.29 is 4.79 Å². The number of primary amides is 1. The number of likely N-dealkylation sites (N-methyl/N-ethyl adjacent to an activating group) is 1. The third kappa shape index (κ3) is 5.19. The molecule has 2 unspecified atom stereocenters. The van der Waals surface area contributed by atoms with E-state index in [0.29, 0.717) is 18.5 Å². The third-order valence-corrected chi connectivity index (χ3v) is 2.42. The minimum Gasteiger partial charge on any atom is -0.368 e. The number of nitrogens with two attached hydrogens (primary N) is 2. The summed E-state index contributed by atoms with van der Waals surface area (Å²) in [6, 6.07) is -0.130. The second kappa shape index (κ2) is 5.98. The van der Waals surface area contributed by atoms with E-state index in [-0.39, 0.29) is 0 Å². The first-order valence-electron chi connectivity index (χ1n) is 5.09. The fraction of sp³-hybridized carbons (Fsp3) is 0.900. The molecule has 0 radical (unpaired) electrons. The largest absolute Gasteiger partial charge is 0.368 e. The normalized spacial score (nSPS) is 15.9. The standard InChI is InChI=1S/C10H23N3O/c1-7(2)5-8(3)13(4)6-9(11)10(12)14/h7-9H,5-6,11H2,1-4H3,(H2,12,14). The molecule has 4 nitrogen and oxygen atoms in total. The van der Waals surface area contributed by atoms with Crippen LogP contribution in [0.5, 0.6) is 0 Å². The van der Waals surface area contributed by atoms with Crippen LogP contribution in [0.3, 0.4) is 0 Å². The van der Waals surface area contributed by atoms with Crippen LogP contribution in [0.1, 0.15) is 27.2 Å². The van der Waals surface area contributed by atoms with Crippen molar-refractivity contribution in [2.75, 3.05) is 13.6 Å². The second-order valence-electron chi connectivity index (χ2n) is 4.43. The molecular weight excluding hydrogens is 178 g/mol. The van der Waals surface area contributed by atoms with E-state index in [0.717, 1.165) is 6.42 Å². The molecule has 0 saturated heterocycles. The van der Waals surface area contributed by atoms with Crippen molar-refractivity contribution in [2.24, 2.45) is 17.4 Å². The number of rotatable bonds is 6. The summed E-state index contributed by atoms with van der Waals surface area (Å²) in [5, 5.41) is 0. The van der Waals surface area contributed by atoms with E-state index >= 15 is 0 Å². The van der Waals surface area contributed by atoms with Crippen LogP contribution >= 0.6 is 0 Å². The van der Waals surface area contributed by atoms with Crippen LogP contribution in [0.4, 0.5) is 0 Å². The molecule has 0 aromatic carbocycles. The van der Waals surface area contributed by atoms with Crippen LogP contribution in [0.15, 0.2) is 0 Å². The summed E-state index contributed by atoms with van der Waals surface area (Å²) >= 11 is 0. The second-order valence-corrected chi connectivity index (χ2v) is 4.43. The predicted octanol–water partition coefficient (Wildman–Crippen LogP) is 0.165. The smallest absolute Gasteiger partial charge is 0.235 e. The first kappa shape index (κ1) is 13.4. The molecule has 0 spiro atoms. The average Bonchev–Trinajstić information content (AvgIpc) is 2.02. The van der Waals surface area contributed by atoms with Gasteiger partial charge in [0.15, 0.2) is 0 Å². The molecule has 0 aromatic heterocycles. The molecule has 0 rings (SSSR count). The minimum atomic E-state index is -0.561. The average molecular weight is 201 g/mol. The molecule has 1 amide bonds. The highest BCUT2D eigenvalue weighted by atomic mass is 16.1. The van der Waals surface area contributed by atoms with Crippen LogP contribution in [0.2, 0.25) is 0 Å². The Morgan fingerprint density at radius 1 is 1.36 bits per heavy atom. The molecular formula is C10H23N3O. The zero-order chi connectivity index (χ0) is 11.3. The molecule has 4 N–H and O–H groups in total. The van der Waals surface area contributed by atoms with Gasteiger partial charge in [0, 0.05) is 12.6 Å². The summed E-state index contributed by atoms with van der Waals surface area (Å²) in [7, 11) is 1.97. The highest BCUT2D eigenvalue weighted by Crippen LogP contribution is 2.09. The Morgan fingerprint density at radius 2 is 1.86 bits per heavy atom. The van der Waals surface area contributed by atoms with Gasteiger partial charge in [0.2, 0.25) is 5.91 Å². The molecule has 0 aromatic rings. The fourth-order valence-corrected chi connectivity index (χ4v) is 1.44. The topological polar surface area (TPSA) is 72.3 Å². The summed E-state index contributed by atoms with van der Waals surface area (Å²) in [4.78, 5) is 12.8. The summed E-state index contributed by atoms with van der Waals surface area (Å²) < 4.78 is 0. The monoisotopic (exact) mass is 201 g/mol. The van der Waals surface area contributed by atoms with Crippen molar-refractivity contribution in [2.45, 2.75) is 39.3 Å². The number of carbonyl (C=O) groups excluding carboxylic acids is 1. The number of nitrogens with zero attached hydrogens (tertiary/aromatic N) is 1. The summed E-state index contributed by atoms with van der Waals surface area (Å²) in [5.74, 6) is 0.214. The minimum absolute atomic E-state index is 0.431. The fourth-order valence-electron chi connectivity index (χ4n) is 1.44. The van der Waals surface area contributed by atoms with E-state index in [2.05, 4.69) is 25.7 Å². The zero-order valence-corrected chi connectivity index (χ0v) is 9.66. The van der Waals surface area contributed by atoms with Crippen molar-refractivity contribution in [1.29, 1.82) is 0 Å². The van der Waals surface area contributed by atoms with Crippen LogP contribution in [-0.2, 0) is 4.79 Å². The van der Waals surface area contributed by atoms with Gasteiger partial charge in [-0.3, -0.25) is 4.79 Å². The molecule has 4 heteroatoms. The molecule has 0 aliphatic carbocycles. The van der Waals surface area contributed by atoms with Gasteiger partial charge in [-0.2, -0.15) is 0 Å². The Balaban J connectivity index is 3.94. The molecule has 0 bridgehead atoms. The molecule has 14 heavy (non-hydrogen) atoms. The van der Waals surface area contributed by atoms with Crippen molar-refractivity contribution in [3.05, 3.63) is 0 Å². The molecule has 2 atom stereocenters. The molecule has 0 aliphatic heterocycles. The van der Waals surface area contributed by atoms with Crippen LogP contribution in [0, 0.1) is 5.92 Å².